The van der Waals surface area contributed by atoms with E-state index in [4.69, 9.17) is 9.97 Å². The Morgan fingerprint density at radius 1 is 1.03 bits per heavy atom. The number of anilines is 2. The highest BCUT2D eigenvalue weighted by molar-refractivity contribution is 5.79. The Kier molecular flexibility index (Phi) is 5.92. The second-order valence-corrected chi connectivity index (χ2v) is 8.48. The van der Waals surface area contributed by atoms with Crippen molar-refractivity contribution < 1.29 is 4.79 Å². The standard InChI is InChI=1S/C26H27N5O/c32-26(19-8-3-1-4-9-19)31-15-13-21(18-31)25-29-23(20-10-7-14-27-17-20)16-24(30-25)28-22-11-5-2-6-12-22/h1-3,5-7,10-12,14,16-17,19,21H,4,8-9,13,15,18H2,(H,28,29,30)/t19-,21-/m0/s1. The molecular formula is C26H27N5O. The van der Waals surface area contributed by atoms with Crippen molar-refractivity contribution in [3.63, 3.8) is 0 Å². The zero-order valence-corrected chi connectivity index (χ0v) is 18.0. The van der Waals surface area contributed by atoms with Crippen LogP contribution in [0.3, 0.4) is 0 Å². The highest BCUT2D eigenvalue weighted by atomic mass is 16.2. The molecule has 1 aliphatic heterocycles. The van der Waals surface area contributed by atoms with Crippen molar-refractivity contribution in [1.82, 2.24) is 19.9 Å². The van der Waals surface area contributed by atoms with Gasteiger partial charge in [0.25, 0.3) is 0 Å². The van der Waals surface area contributed by atoms with E-state index in [-0.39, 0.29) is 17.7 Å². The molecule has 162 valence electrons. The van der Waals surface area contributed by atoms with Gasteiger partial charge in [0.15, 0.2) is 0 Å². The Bertz CT molecular complexity index is 1100. The van der Waals surface area contributed by atoms with Crippen molar-refractivity contribution in [2.45, 2.75) is 31.6 Å². The van der Waals surface area contributed by atoms with Gasteiger partial charge in [-0.2, -0.15) is 0 Å². The molecule has 0 saturated carbocycles. The molecule has 1 aromatic carbocycles. The molecule has 3 aromatic rings. The van der Waals surface area contributed by atoms with E-state index in [1.165, 1.54) is 0 Å². The number of hydrogen-bond donors (Lipinski definition) is 1. The molecule has 6 heteroatoms. The van der Waals surface area contributed by atoms with Crippen LogP contribution in [0, 0.1) is 5.92 Å². The topological polar surface area (TPSA) is 71.0 Å². The minimum Gasteiger partial charge on any atom is -0.342 e. The van der Waals surface area contributed by atoms with Gasteiger partial charge in [0.2, 0.25) is 5.91 Å². The van der Waals surface area contributed by atoms with Crippen LogP contribution in [0.5, 0.6) is 0 Å². The molecule has 6 nitrogen and oxygen atoms in total. The van der Waals surface area contributed by atoms with Gasteiger partial charge in [-0.15, -0.1) is 0 Å². The maximum absolute atomic E-state index is 13.0. The third kappa shape index (κ3) is 4.54. The quantitative estimate of drug-likeness (QED) is 0.586. The molecule has 0 radical (unpaired) electrons. The zero-order chi connectivity index (χ0) is 21.8. The number of amides is 1. The fourth-order valence-corrected chi connectivity index (χ4v) is 4.49. The van der Waals surface area contributed by atoms with Gasteiger partial charge in [-0.3, -0.25) is 9.78 Å². The summed E-state index contributed by atoms with van der Waals surface area (Å²) in [5, 5.41) is 3.40. The summed E-state index contributed by atoms with van der Waals surface area (Å²) in [6.45, 7) is 1.45. The number of nitrogens with one attached hydrogen (secondary N) is 1. The van der Waals surface area contributed by atoms with Crippen LogP contribution in [-0.2, 0) is 4.79 Å². The Balaban J connectivity index is 1.40. The van der Waals surface area contributed by atoms with Crippen LogP contribution in [0.2, 0.25) is 0 Å². The van der Waals surface area contributed by atoms with Crippen molar-refractivity contribution in [3.8, 4) is 11.3 Å². The first kappa shape index (κ1) is 20.4. The number of carbonyl (C=O) groups excluding carboxylic acids is 1. The van der Waals surface area contributed by atoms with E-state index in [1.807, 2.05) is 59.6 Å². The molecule has 2 aliphatic rings. The number of rotatable bonds is 5. The minimum atomic E-state index is 0.122. The van der Waals surface area contributed by atoms with Gasteiger partial charge in [0.05, 0.1) is 5.69 Å². The number of pyridine rings is 1. The predicted molar refractivity (Wildman–Crippen MR) is 125 cm³/mol. The number of aromatic nitrogens is 3. The van der Waals surface area contributed by atoms with Crippen molar-refractivity contribution in [1.29, 1.82) is 0 Å². The lowest BCUT2D eigenvalue weighted by Gasteiger charge is -2.24. The molecule has 1 aliphatic carbocycles. The second kappa shape index (κ2) is 9.30. The maximum Gasteiger partial charge on any atom is 0.226 e. The number of allylic oxidation sites excluding steroid dienone is 2. The second-order valence-electron chi connectivity index (χ2n) is 8.48. The third-order valence-electron chi connectivity index (χ3n) is 6.23. The number of para-hydroxylation sites is 1. The zero-order valence-electron chi connectivity index (χ0n) is 18.0. The average molecular weight is 426 g/mol. The molecule has 5 rings (SSSR count). The molecule has 32 heavy (non-hydrogen) atoms. The van der Waals surface area contributed by atoms with E-state index >= 15 is 0 Å². The van der Waals surface area contributed by atoms with Gasteiger partial charge in [0, 0.05) is 54.6 Å². The Hall–Kier alpha value is -3.54. The number of nitrogens with zero attached hydrogens (tertiary/aromatic N) is 4. The number of likely N-dealkylation sites (tertiary alicyclic amines) is 1. The van der Waals surface area contributed by atoms with Crippen molar-refractivity contribution in [2.75, 3.05) is 18.4 Å². The summed E-state index contributed by atoms with van der Waals surface area (Å²) in [6.07, 6.45) is 11.6. The van der Waals surface area contributed by atoms with Crippen LogP contribution < -0.4 is 5.32 Å². The summed E-state index contributed by atoms with van der Waals surface area (Å²) in [4.78, 5) is 29.0. The number of benzene rings is 1. The first-order chi connectivity index (χ1) is 15.8. The van der Waals surface area contributed by atoms with E-state index in [0.29, 0.717) is 6.54 Å². The number of carbonyl (C=O) groups is 1. The summed E-state index contributed by atoms with van der Waals surface area (Å²) in [5.41, 5.74) is 2.76. The van der Waals surface area contributed by atoms with Crippen LogP contribution in [0.15, 0.2) is 73.1 Å². The van der Waals surface area contributed by atoms with Gasteiger partial charge >= 0.3 is 0 Å². The molecule has 0 unspecified atom stereocenters. The lowest BCUT2D eigenvalue weighted by atomic mass is 9.93. The molecule has 0 bridgehead atoms. The molecule has 1 fully saturated rings. The average Bonchev–Trinajstić information content (AvgIpc) is 3.36. The van der Waals surface area contributed by atoms with E-state index in [9.17, 15) is 4.79 Å². The lowest BCUT2D eigenvalue weighted by Crippen LogP contribution is -2.34. The van der Waals surface area contributed by atoms with Gasteiger partial charge in [-0.1, -0.05) is 30.4 Å². The summed E-state index contributed by atoms with van der Waals surface area (Å²) in [5.74, 6) is 2.07. The molecule has 2 aromatic heterocycles. The smallest absolute Gasteiger partial charge is 0.226 e. The molecular weight excluding hydrogens is 398 g/mol. The van der Waals surface area contributed by atoms with Crippen LogP contribution >= 0.6 is 0 Å². The van der Waals surface area contributed by atoms with Gasteiger partial charge in [-0.25, -0.2) is 9.97 Å². The van der Waals surface area contributed by atoms with Gasteiger partial charge in [-0.05, 0) is 49.9 Å². The van der Waals surface area contributed by atoms with Crippen LogP contribution in [0.4, 0.5) is 11.5 Å². The highest BCUT2D eigenvalue weighted by Gasteiger charge is 2.33. The Morgan fingerprint density at radius 3 is 2.72 bits per heavy atom. The van der Waals surface area contributed by atoms with Gasteiger partial charge in [0.1, 0.15) is 11.6 Å². The summed E-state index contributed by atoms with van der Waals surface area (Å²) < 4.78 is 0. The Labute approximate surface area is 188 Å². The van der Waals surface area contributed by atoms with Crippen molar-refractivity contribution in [3.05, 3.63) is 78.9 Å². The molecule has 1 amide bonds. The highest BCUT2D eigenvalue weighted by Crippen LogP contribution is 2.31. The Morgan fingerprint density at radius 2 is 1.94 bits per heavy atom. The monoisotopic (exact) mass is 425 g/mol. The van der Waals surface area contributed by atoms with Crippen LogP contribution in [0.1, 0.15) is 37.4 Å². The SMILES string of the molecule is O=C([C@H]1CC=CCC1)N1CC[C@H](c2nc(Nc3ccccc3)cc(-c3cccnc3)n2)C1. The molecule has 3 heterocycles. The normalized spacial score (nSPS) is 20.3. The minimum absolute atomic E-state index is 0.122. The summed E-state index contributed by atoms with van der Waals surface area (Å²) in [6, 6.07) is 15.9. The van der Waals surface area contributed by atoms with E-state index in [0.717, 1.165) is 60.8 Å². The summed E-state index contributed by atoms with van der Waals surface area (Å²) >= 11 is 0. The number of hydrogen-bond acceptors (Lipinski definition) is 5. The van der Waals surface area contributed by atoms with Crippen molar-refractivity contribution >= 4 is 17.4 Å². The largest absolute Gasteiger partial charge is 0.342 e. The van der Waals surface area contributed by atoms with Crippen LogP contribution in [0.25, 0.3) is 11.3 Å². The van der Waals surface area contributed by atoms with E-state index < -0.39 is 0 Å². The summed E-state index contributed by atoms with van der Waals surface area (Å²) in [7, 11) is 0. The fourth-order valence-electron chi connectivity index (χ4n) is 4.49. The molecule has 0 spiro atoms. The maximum atomic E-state index is 13.0. The van der Waals surface area contributed by atoms with Gasteiger partial charge < -0.3 is 10.2 Å². The molecule has 1 N–H and O–H groups in total. The lowest BCUT2D eigenvalue weighted by molar-refractivity contribution is -0.134. The van der Waals surface area contributed by atoms with Crippen LogP contribution in [-0.4, -0.2) is 38.8 Å². The predicted octanol–water partition coefficient (Wildman–Crippen LogP) is 4.95. The van der Waals surface area contributed by atoms with E-state index in [2.05, 4.69) is 22.5 Å². The first-order valence-corrected chi connectivity index (χ1v) is 11.3. The third-order valence-corrected chi connectivity index (χ3v) is 6.23. The van der Waals surface area contributed by atoms with Crippen molar-refractivity contribution in [2.24, 2.45) is 5.92 Å². The first-order valence-electron chi connectivity index (χ1n) is 11.3. The molecule has 2 atom stereocenters. The molecule has 1 saturated heterocycles. The van der Waals surface area contributed by atoms with E-state index in [1.54, 1.807) is 6.20 Å². The fraction of sp³-hybridized carbons (Fsp3) is 0.308.